The molecule has 0 aliphatic heterocycles. The van der Waals surface area contributed by atoms with Crippen molar-refractivity contribution in [3.05, 3.63) is 0 Å². The minimum atomic E-state index is -4.34. The quantitative estimate of drug-likeness (QED) is 0.0350. The molecular weight excluding hydrogens is 750 g/mol. The van der Waals surface area contributed by atoms with Crippen LogP contribution in [-0.2, 0) is 32.7 Å². The number of esters is 2. The van der Waals surface area contributed by atoms with Gasteiger partial charge in [0.1, 0.15) is 6.61 Å². The predicted molar refractivity (Wildman–Crippen MR) is 243 cm³/mol. The van der Waals surface area contributed by atoms with Crippen molar-refractivity contribution in [2.45, 2.75) is 264 Å². The summed E-state index contributed by atoms with van der Waals surface area (Å²) in [7, 11) is -2.64. The highest BCUT2D eigenvalue weighted by molar-refractivity contribution is 7.47. The molecule has 9 nitrogen and oxygen atoms in total. The monoisotopic (exact) mass is 846 g/mol. The van der Waals surface area contributed by atoms with Crippen LogP contribution in [0.3, 0.4) is 0 Å². The zero-order valence-corrected chi connectivity index (χ0v) is 39.4. The minimum absolute atomic E-state index is 0.0114. The first-order valence-electron chi connectivity index (χ1n) is 25.0. The number of rotatable bonds is 48. The molecule has 346 valence electrons. The van der Waals surface area contributed by atoms with Crippen LogP contribution in [0.15, 0.2) is 0 Å². The lowest BCUT2D eigenvalue weighted by Crippen LogP contribution is -2.29. The molecule has 0 saturated carbocycles. The molecule has 2 N–H and O–H groups in total. The third-order valence-electron chi connectivity index (χ3n) is 11.2. The summed E-state index contributed by atoms with van der Waals surface area (Å²) in [6, 6.07) is 0. The molecule has 0 spiro atoms. The molecule has 10 heteroatoms. The zero-order chi connectivity index (χ0) is 42.5. The van der Waals surface area contributed by atoms with E-state index in [4.69, 9.17) is 18.5 Å². The van der Waals surface area contributed by atoms with Gasteiger partial charge in [0.25, 0.3) is 0 Å². The lowest BCUT2D eigenvalue weighted by Gasteiger charge is -2.20. The summed E-state index contributed by atoms with van der Waals surface area (Å²) in [4.78, 5) is 35.2. The van der Waals surface area contributed by atoms with Crippen molar-refractivity contribution in [3.63, 3.8) is 0 Å². The van der Waals surface area contributed by atoms with Gasteiger partial charge in [0.15, 0.2) is 6.10 Å². The lowest BCUT2D eigenvalue weighted by atomic mass is 10.0. The highest BCUT2D eigenvalue weighted by Gasteiger charge is 2.26. The zero-order valence-electron chi connectivity index (χ0n) is 38.5. The Bertz CT molecular complexity index is 922. The lowest BCUT2D eigenvalue weighted by molar-refractivity contribution is -0.161. The molecule has 0 aromatic carbocycles. The first-order valence-corrected chi connectivity index (χ1v) is 26.5. The summed E-state index contributed by atoms with van der Waals surface area (Å²) in [6.45, 7) is 4.29. The van der Waals surface area contributed by atoms with E-state index in [2.05, 4.69) is 19.2 Å². The number of hydrogen-bond donors (Lipinski definition) is 2. The average Bonchev–Trinajstić information content (AvgIpc) is 3.21. The summed E-state index contributed by atoms with van der Waals surface area (Å²) >= 11 is 0. The first kappa shape index (κ1) is 57.0. The summed E-state index contributed by atoms with van der Waals surface area (Å²) in [5, 5.41) is 2.83. The van der Waals surface area contributed by atoms with Crippen LogP contribution in [-0.4, -0.2) is 56.3 Å². The topological polar surface area (TPSA) is 120 Å². The molecule has 2 unspecified atom stereocenters. The highest BCUT2D eigenvalue weighted by atomic mass is 31.2. The van der Waals surface area contributed by atoms with E-state index in [0.29, 0.717) is 13.0 Å². The summed E-state index contributed by atoms with van der Waals surface area (Å²) in [5.41, 5.74) is 0. The first-order chi connectivity index (χ1) is 28.3. The smallest absolute Gasteiger partial charge is 0.462 e. The molecule has 0 aliphatic carbocycles. The van der Waals surface area contributed by atoms with Gasteiger partial charge in [0, 0.05) is 19.4 Å². The van der Waals surface area contributed by atoms with Gasteiger partial charge in [-0.2, -0.15) is 0 Å². The number of carbonyl (C=O) groups is 2. The maximum absolute atomic E-state index is 12.7. The fraction of sp³-hybridized carbons (Fsp3) is 0.958. The Kier molecular flexibility index (Phi) is 44.8. The number of phosphoric acid groups is 1. The van der Waals surface area contributed by atoms with Crippen LogP contribution in [0.5, 0.6) is 0 Å². The molecule has 0 saturated heterocycles. The van der Waals surface area contributed by atoms with Crippen LogP contribution < -0.4 is 5.32 Å². The fourth-order valence-corrected chi connectivity index (χ4v) is 8.19. The van der Waals surface area contributed by atoms with E-state index in [0.717, 1.165) is 38.5 Å². The van der Waals surface area contributed by atoms with Gasteiger partial charge < -0.3 is 19.7 Å². The molecule has 0 fully saturated rings. The molecule has 0 bridgehead atoms. The number of ether oxygens (including phenoxy) is 2. The third-order valence-corrected chi connectivity index (χ3v) is 12.2. The number of nitrogens with one attached hydrogen (secondary N) is 1. The third kappa shape index (κ3) is 44.6. The largest absolute Gasteiger partial charge is 0.472 e. The van der Waals surface area contributed by atoms with Crippen LogP contribution in [0.2, 0.25) is 0 Å². The standard InChI is InChI=1S/C48H96NO8P/c1-4-6-8-10-12-14-16-18-20-22-23-25-26-28-30-32-34-36-38-40-47(50)54-44-46(45-56-58(52,53)55-43-42-49-3)57-48(51)41-39-37-35-33-31-29-27-24-21-19-17-15-13-11-9-7-5-2/h46,49H,4-45H2,1-3H3,(H,52,53). The van der Waals surface area contributed by atoms with Gasteiger partial charge in [-0.25, -0.2) is 4.57 Å². The van der Waals surface area contributed by atoms with E-state index in [9.17, 15) is 19.0 Å². The normalized spacial score (nSPS) is 13.1. The van der Waals surface area contributed by atoms with Crippen molar-refractivity contribution in [1.82, 2.24) is 5.32 Å². The van der Waals surface area contributed by atoms with Gasteiger partial charge in [-0.05, 0) is 19.9 Å². The maximum Gasteiger partial charge on any atom is 0.472 e. The number of carbonyl (C=O) groups excluding carboxylic acids is 2. The number of unbranched alkanes of at least 4 members (excludes halogenated alkanes) is 34. The number of phosphoric ester groups is 1. The Morgan fingerprint density at radius 1 is 0.466 bits per heavy atom. The Morgan fingerprint density at radius 2 is 0.776 bits per heavy atom. The van der Waals surface area contributed by atoms with Crippen molar-refractivity contribution >= 4 is 19.8 Å². The van der Waals surface area contributed by atoms with Crippen LogP contribution in [0.25, 0.3) is 0 Å². The Balaban J connectivity index is 4.07. The van der Waals surface area contributed by atoms with Gasteiger partial charge in [-0.1, -0.05) is 232 Å². The average molecular weight is 846 g/mol. The Morgan fingerprint density at radius 3 is 1.10 bits per heavy atom. The number of hydrogen-bond acceptors (Lipinski definition) is 8. The second-order valence-corrected chi connectivity index (χ2v) is 18.5. The molecule has 0 radical (unpaired) electrons. The van der Waals surface area contributed by atoms with E-state index in [1.807, 2.05) is 0 Å². The van der Waals surface area contributed by atoms with E-state index in [1.165, 1.54) is 193 Å². The molecule has 58 heavy (non-hydrogen) atoms. The van der Waals surface area contributed by atoms with Gasteiger partial charge in [-0.15, -0.1) is 0 Å². The van der Waals surface area contributed by atoms with Crippen LogP contribution in [0, 0.1) is 0 Å². The van der Waals surface area contributed by atoms with Crippen LogP contribution in [0.4, 0.5) is 0 Å². The van der Waals surface area contributed by atoms with E-state index >= 15 is 0 Å². The molecule has 0 aromatic heterocycles. The molecule has 0 aliphatic rings. The minimum Gasteiger partial charge on any atom is -0.462 e. The molecular formula is C48H96NO8P. The van der Waals surface area contributed by atoms with Crippen molar-refractivity contribution in [3.8, 4) is 0 Å². The maximum atomic E-state index is 12.7. The van der Waals surface area contributed by atoms with Crippen LogP contribution in [0.1, 0.15) is 258 Å². The second kappa shape index (κ2) is 45.5. The molecule has 0 heterocycles. The van der Waals surface area contributed by atoms with Crippen molar-refractivity contribution in [2.24, 2.45) is 0 Å². The molecule has 0 aromatic rings. The van der Waals surface area contributed by atoms with E-state index in [-0.39, 0.29) is 25.6 Å². The molecule has 2 atom stereocenters. The fourth-order valence-electron chi connectivity index (χ4n) is 7.44. The highest BCUT2D eigenvalue weighted by Crippen LogP contribution is 2.43. The van der Waals surface area contributed by atoms with E-state index < -0.39 is 26.5 Å². The summed E-state index contributed by atoms with van der Waals surface area (Å²) < 4.78 is 33.3. The second-order valence-electron chi connectivity index (χ2n) is 17.0. The van der Waals surface area contributed by atoms with Gasteiger partial charge in [0.2, 0.25) is 0 Å². The molecule has 0 rings (SSSR count). The Labute approximate surface area is 359 Å². The van der Waals surface area contributed by atoms with Gasteiger partial charge in [-0.3, -0.25) is 18.6 Å². The van der Waals surface area contributed by atoms with E-state index in [1.54, 1.807) is 7.05 Å². The van der Waals surface area contributed by atoms with Crippen molar-refractivity contribution < 1.29 is 37.6 Å². The molecule has 0 amide bonds. The van der Waals surface area contributed by atoms with Crippen molar-refractivity contribution in [1.29, 1.82) is 0 Å². The SMILES string of the molecule is CCCCCCCCCCCCCCCCCCCCCC(=O)OCC(COP(=O)(O)OCCNC)OC(=O)CCCCCCCCCCCCCCCCCCC. The summed E-state index contributed by atoms with van der Waals surface area (Å²) in [5.74, 6) is -0.785. The van der Waals surface area contributed by atoms with Gasteiger partial charge in [0.05, 0.1) is 13.2 Å². The van der Waals surface area contributed by atoms with Crippen molar-refractivity contribution in [2.75, 3.05) is 33.4 Å². The number of likely N-dealkylation sites (N-methyl/N-ethyl adjacent to an activating group) is 1. The van der Waals surface area contributed by atoms with Gasteiger partial charge >= 0.3 is 19.8 Å². The van der Waals surface area contributed by atoms with Crippen LogP contribution >= 0.6 is 7.82 Å². The summed E-state index contributed by atoms with van der Waals surface area (Å²) in [6.07, 6.45) is 45.8. The predicted octanol–water partition coefficient (Wildman–Crippen LogP) is 14.7. The Hall–Kier alpha value is -0.990.